The van der Waals surface area contributed by atoms with E-state index in [9.17, 15) is 4.79 Å². The zero-order valence-corrected chi connectivity index (χ0v) is 17.1. The molecule has 0 radical (unpaired) electrons. The molecule has 1 N–H and O–H groups in total. The number of hydrogen-bond acceptors (Lipinski definition) is 4. The Morgan fingerprint density at radius 1 is 1.21 bits per heavy atom. The largest absolute Gasteiger partial charge is 0.481 e. The Labute approximate surface area is 165 Å². The average molecular weight is 380 g/mol. The highest BCUT2D eigenvalue weighted by molar-refractivity contribution is 5.84. The van der Waals surface area contributed by atoms with Crippen molar-refractivity contribution in [2.24, 2.45) is 0 Å². The molecule has 3 aromatic heterocycles. The second-order valence-corrected chi connectivity index (χ2v) is 7.34. The number of fused-ring (bicyclic) bond motifs is 1. The summed E-state index contributed by atoms with van der Waals surface area (Å²) in [6, 6.07) is 6.41. The molecule has 0 unspecified atom stereocenters. The fourth-order valence-corrected chi connectivity index (χ4v) is 3.61. The van der Waals surface area contributed by atoms with E-state index in [1.165, 1.54) is 11.3 Å². The number of anilines is 1. The van der Waals surface area contributed by atoms with Crippen LogP contribution in [-0.4, -0.2) is 39.8 Å². The molecule has 0 aliphatic rings. The molecule has 3 heterocycles. The van der Waals surface area contributed by atoms with Crippen molar-refractivity contribution < 1.29 is 9.90 Å². The van der Waals surface area contributed by atoms with Crippen molar-refractivity contribution in [3.05, 3.63) is 47.5 Å². The molecule has 0 saturated carbocycles. The molecule has 0 aliphatic carbocycles. The highest BCUT2D eigenvalue weighted by atomic mass is 16.4. The number of aryl methyl sites for hydroxylation is 2. The smallest absolute Gasteiger partial charge is 0.303 e. The van der Waals surface area contributed by atoms with E-state index in [4.69, 9.17) is 10.2 Å². The lowest BCUT2D eigenvalue weighted by Gasteiger charge is -2.18. The van der Waals surface area contributed by atoms with Crippen LogP contribution < -0.4 is 4.90 Å². The monoisotopic (exact) mass is 380 g/mol. The third-order valence-corrected chi connectivity index (χ3v) is 5.14. The first-order valence-corrected chi connectivity index (χ1v) is 9.77. The minimum atomic E-state index is -0.743. The topological polar surface area (TPSA) is 70.7 Å². The summed E-state index contributed by atoms with van der Waals surface area (Å²) in [4.78, 5) is 17.4. The van der Waals surface area contributed by atoms with Crippen LogP contribution in [0.15, 0.2) is 30.6 Å². The number of aliphatic carboxylic acids is 1. The second kappa shape index (κ2) is 8.42. The lowest BCUT2D eigenvalue weighted by atomic mass is 9.95. The molecule has 0 aromatic carbocycles. The number of carboxylic acid groups (broad SMARTS) is 1. The number of carboxylic acids is 1. The molecule has 28 heavy (non-hydrogen) atoms. The van der Waals surface area contributed by atoms with E-state index >= 15 is 0 Å². The summed E-state index contributed by atoms with van der Waals surface area (Å²) in [7, 11) is 4.01. The van der Waals surface area contributed by atoms with Crippen LogP contribution in [0.1, 0.15) is 43.1 Å². The normalized spacial score (nSPS) is 11.1. The van der Waals surface area contributed by atoms with Crippen molar-refractivity contribution in [2.45, 2.75) is 46.0 Å². The van der Waals surface area contributed by atoms with Gasteiger partial charge in [0.2, 0.25) is 0 Å². The summed E-state index contributed by atoms with van der Waals surface area (Å²) in [5, 5.41) is 13.8. The first-order valence-electron chi connectivity index (χ1n) is 9.77. The summed E-state index contributed by atoms with van der Waals surface area (Å²) < 4.78 is 2.04. The van der Waals surface area contributed by atoms with Crippen molar-refractivity contribution in [1.82, 2.24) is 14.6 Å². The van der Waals surface area contributed by atoms with Gasteiger partial charge in [-0.05, 0) is 56.4 Å². The van der Waals surface area contributed by atoms with Crippen LogP contribution in [0.25, 0.3) is 16.6 Å². The van der Waals surface area contributed by atoms with Crippen molar-refractivity contribution in [3.63, 3.8) is 0 Å². The Hall–Kier alpha value is -2.89. The third-order valence-electron chi connectivity index (χ3n) is 5.14. The molecule has 0 fully saturated rings. The molecule has 0 atom stereocenters. The van der Waals surface area contributed by atoms with Crippen molar-refractivity contribution in [3.8, 4) is 11.1 Å². The first kappa shape index (κ1) is 19.9. The summed E-state index contributed by atoms with van der Waals surface area (Å²) in [5.74, 6) is -0.743. The SMILES string of the molecule is CCc1ccc2c(-c3cncc(N(C)C)c3)c(CCCCC(=O)O)c(C)nn12. The quantitative estimate of drug-likeness (QED) is 0.595. The van der Waals surface area contributed by atoms with Crippen LogP contribution in [0.3, 0.4) is 0 Å². The number of pyridine rings is 1. The van der Waals surface area contributed by atoms with Gasteiger partial charge in [0.1, 0.15) is 0 Å². The number of nitrogens with zero attached hydrogens (tertiary/aromatic N) is 4. The van der Waals surface area contributed by atoms with Gasteiger partial charge >= 0.3 is 5.97 Å². The highest BCUT2D eigenvalue weighted by Gasteiger charge is 2.17. The van der Waals surface area contributed by atoms with Gasteiger partial charge in [-0.3, -0.25) is 9.78 Å². The maximum Gasteiger partial charge on any atom is 0.303 e. The van der Waals surface area contributed by atoms with Crippen LogP contribution in [0, 0.1) is 6.92 Å². The third kappa shape index (κ3) is 4.01. The predicted molar refractivity (Wildman–Crippen MR) is 112 cm³/mol. The van der Waals surface area contributed by atoms with Crippen LogP contribution in [0.5, 0.6) is 0 Å². The Kier molecular flexibility index (Phi) is 5.97. The number of carbonyl (C=O) groups is 1. The fourth-order valence-electron chi connectivity index (χ4n) is 3.61. The van der Waals surface area contributed by atoms with Crippen molar-refractivity contribution in [1.29, 1.82) is 0 Å². The van der Waals surface area contributed by atoms with Gasteiger partial charge in [0.15, 0.2) is 0 Å². The number of rotatable bonds is 8. The van der Waals surface area contributed by atoms with E-state index in [1.807, 2.05) is 42.8 Å². The molecule has 6 nitrogen and oxygen atoms in total. The summed E-state index contributed by atoms with van der Waals surface area (Å²) in [6.07, 6.45) is 7.16. The summed E-state index contributed by atoms with van der Waals surface area (Å²) >= 11 is 0. The molecule has 3 aromatic rings. The summed E-state index contributed by atoms with van der Waals surface area (Å²) in [5.41, 5.74) is 7.68. The molecule has 0 aliphatic heterocycles. The van der Waals surface area contributed by atoms with Crippen molar-refractivity contribution in [2.75, 3.05) is 19.0 Å². The Bertz CT molecular complexity index is 992. The van der Waals surface area contributed by atoms with Gasteiger partial charge in [0.25, 0.3) is 0 Å². The zero-order chi connectivity index (χ0) is 20.3. The molecule has 0 saturated heterocycles. The molecule has 0 spiro atoms. The minimum absolute atomic E-state index is 0.201. The van der Waals surface area contributed by atoms with E-state index in [-0.39, 0.29) is 6.42 Å². The lowest BCUT2D eigenvalue weighted by molar-refractivity contribution is -0.137. The molecule has 0 amide bonds. The summed E-state index contributed by atoms with van der Waals surface area (Å²) in [6.45, 7) is 4.17. The number of aromatic nitrogens is 3. The first-order chi connectivity index (χ1) is 13.4. The van der Waals surface area contributed by atoms with Gasteiger partial charge in [0, 0.05) is 43.5 Å². The van der Waals surface area contributed by atoms with E-state index in [1.54, 1.807) is 0 Å². The molecule has 0 bridgehead atoms. The minimum Gasteiger partial charge on any atom is -0.481 e. The maximum absolute atomic E-state index is 10.8. The predicted octanol–water partition coefficient (Wildman–Crippen LogP) is 4.13. The van der Waals surface area contributed by atoms with Gasteiger partial charge in [-0.1, -0.05) is 6.92 Å². The Morgan fingerprint density at radius 3 is 2.68 bits per heavy atom. The van der Waals surface area contributed by atoms with Gasteiger partial charge in [0.05, 0.1) is 23.1 Å². The van der Waals surface area contributed by atoms with E-state index in [0.717, 1.165) is 47.3 Å². The molecule has 6 heteroatoms. The van der Waals surface area contributed by atoms with Gasteiger partial charge < -0.3 is 10.0 Å². The van der Waals surface area contributed by atoms with E-state index in [2.05, 4.69) is 30.1 Å². The Balaban J connectivity index is 2.13. The highest BCUT2D eigenvalue weighted by Crippen LogP contribution is 2.33. The molecule has 3 rings (SSSR count). The lowest BCUT2D eigenvalue weighted by Crippen LogP contribution is -2.10. The standard InChI is InChI=1S/C22H28N4O2/c1-5-17-10-11-20-22(16-12-18(25(3)4)14-23-13-16)19(15(2)24-26(17)20)8-6-7-9-21(27)28/h10-14H,5-9H2,1-4H3,(H,27,28). The number of unbranched alkanes of at least 4 members (excludes halogenated alkanes) is 1. The van der Waals surface area contributed by atoms with E-state index < -0.39 is 5.97 Å². The van der Waals surface area contributed by atoms with Crippen molar-refractivity contribution >= 4 is 17.2 Å². The Morgan fingerprint density at radius 2 is 2.00 bits per heavy atom. The van der Waals surface area contributed by atoms with Crippen LogP contribution in [-0.2, 0) is 17.6 Å². The molecular weight excluding hydrogens is 352 g/mol. The van der Waals surface area contributed by atoms with E-state index in [0.29, 0.717) is 6.42 Å². The maximum atomic E-state index is 10.8. The zero-order valence-electron chi connectivity index (χ0n) is 17.1. The fraction of sp³-hybridized carbons (Fsp3) is 0.409. The van der Waals surface area contributed by atoms with Crippen LogP contribution in [0.4, 0.5) is 5.69 Å². The second-order valence-electron chi connectivity index (χ2n) is 7.34. The van der Waals surface area contributed by atoms with Gasteiger partial charge in [-0.15, -0.1) is 0 Å². The van der Waals surface area contributed by atoms with Crippen LogP contribution >= 0.6 is 0 Å². The van der Waals surface area contributed by atoms with Gasteiger partial charge in [-0.25, -0.2) is 4.52 Å². The van der Waals surface area contributed by atoms with Gasteiger partial charge in [-0.2, -0.15) is 5.10 Å². The molecular formula is C22H28N4O2. The average Bonchev–Trinajstić information content (AvgIpc) is 3.07. The number of hydrogen-bond donors (Lipinski definition) is 1. The van der Waals surface area contributed by atoms with Crippen LogP contribution in [0.2, 0.25) is 0 Å². The molecule has 148 valence electrons.